The van der Waals surface area contributed by atoms with Gasteiger partial charge in [-0.05, 0) is 60.2 Å². The first-order chi connectivity index (χ1) is 12.0. The maximum atomic E-state index is 12.8. The Morgan fingerprint density at radius 2 is 1.84 bits per heavy atom. The Kier molecular flexibility index (Phi) is 7.16. The summed E-state index contributed by atoms with van der Waals surface area (Å²) < 4.78 is 12.8. The number of benzene rings is 2. The zero-order chi connectivity index (χ0) is 18.1. The lowest BCUT2D eigenvalue weighted by Crippen LogP contribution is -2.22. The first kappa shape index (κ1) is 18.7. The van der Waals surface area contributed by atoms with Crippen LogP contribution in [0.15, 0.2) is 59.5 Å². The largest absolute Gasteiger partial charge is 0.353 e. The van der Waals surface area contributed by atoms with E-state index in [2.05, 4.69) is 5.32 Å². The molecule has 2 aromatic rings. The smallest absolute Gasteiger partial charge is 0.269 e. The van der Waals surface area contributed by atoms with Crippen molar-refractivity contribution in [1.29, 1.82) is 0 Å². The van der Waals surface area contributed by atoms with Crippen LogP contribution >= 0.6 is 11.8 Å². The number of nitro benzene ring substituents is 1. The molecule has 1 amide bonds. The van der Waals surface area contributed by atoms with Crippen molar-refractivity contribution in [3.05, 3.63) is 76.1 Å². The van der Waals surface area contributed by atoms with E-state index >= 15 is 0 Å². The topological polar surface area (TPSA) is 72.2 Å². The van der Waals surface area contributed by atoms with Crippen molar-refractivity contribution in [3.8, 4) is 0 Å². The van der Waals surface area contributed by atoms with Crippen molar-refractivity contribution in [2.45, 2.75) is 11.3 Å². The maximum Gasteiger partial charge on any atom is 0.269 e. The van der Waals surface area contributed by atoms with Gasteiger partial charge in [-0.3, -0.25) is 14.9 Å². The minimum atomic E-state index is -0.468. The fourth-order valence-electron chi connectivity index (χ4n) is 1.94. The Labute approximate surface area is 149 Å². The maximum absolute atomic E-state index is 12.8. The second-order valence-corrected chi connectivity index (χ2v) is 6.30. The van der Waals surface area contributed by atoms with Gasteiger partial charge in [-0.1, -0.05) is 0 Å². The van der Waals surface area contributed by atoms with Crippen LogP contribution in [0.4, 0.5) is 10.1 Å². The molecule has 0 saturated heterocycles. The van der Waals surface area contributed by atoms with Crippen LogP contribution in [0.5, 0.6) is 0 Å². The molecule has 0 spiro atoms. The molecule has 7 heteroatoms. The number of thioether (sulfide) groups is 1. The highest BCUT2D eigenvalue weighted by Gasteiger charge is 2.02. The third-order valence-electron chi connectivity index (χ3n) is 3.23. The summed E-state index contributed by atoms with van der Waals surface area (Å²) in [6, 6.07) is 12.3. The summed E-state index contributed by atoms with van der Waals surface area (Å²) in [5.41, 5.74) is 0.730. The van der Waals surface area contributed by atoms with E-state index < -0.39 is 4.92 Å². The van der Waals surface area contributed by atoms with E-state index in [4.69, 9.17) is 0 Å². The molecular weight excluding hydrogens is 343 g/mol. The standard InChI is InChI=1S/C18H17FN2O3S/c19-15-5-9-17(10-6-15)25-13-1-12-20-18(22)11-4-14-2-7-16(8-3-14)21(23)24/h2-11H,1,12-13H2,(H,20,22)/b11-4+. The molecule has 5 nitrogen and oxygen atoms in total. The fraction of sp³-hybridized carbons (Fsp3) is 0.167. The van der Waals surface area contributed by atoms with E-state index in [1.807, 2.05) is 0 Å². The number of hydrogen-bond acceptors (Lipinski definition) is 4. The molecule has 0 fully saturated rings. The van der Waals surface area contributed by atoms with Crippen molar-refractivity contribution < 1.29 is 14.1 Å². The van der Waals surface area contributed by atoms with Crippen LogP contribution in [0.2, 0.25) is 0 Å². The lowest BCUT2D eigenvalue weighted by Gasteiger charge is -2.03. The number of halogens is 1. The Bertz CT molecular complexity index is 746. The summed E-state index contributed by atoms with van der Waals surface area (Å²) >= 11 is 1.60. The van der Waals surface area contributed by atoms with Gasteiger partial charge in [-0.25, -0.2) is 4.39 Å². The van der Waals surface area contributed by atoms with Gasteiger partial charge in [0.25, 0.3) is 5.69 Å². The van der Waals surface area contributed by atoms with Crippen molar-refractivity contribution in [3.63, 3.8) is 0 Å². The van der Waals surface area contributed by atoms with Crippen molar-refractivity contribution in [1.82, 2.24) is 5.32 Å². The summed E-state index contributed by atoms with van der Waals surface area (Å²) in [6.45, 7) is 0.539. The monoisotopic (exact) mass is 360 g/mol. The molecule has 25 heavy (non-hydrogen) atoms. The SMILES string of the molecule is O=C(/C=C/c1ccc([N+](=O)[O-])cc1)NCCCSc1ccc(F)cc1. The molecule has 0 bridgehead atoms. The van der Waals surface area contributed by atoms with Gasteiger partial charge in [0.05, 0.1) is 4.92 Å². The number of non-ortho nitro benzene ring substituents is 1. The molecule has 0 aliphatic rings. The van der Waals surface area contributed by atoms with Gasteiger partial charge in [0.2, 0.25) is 5.91 Å². The van der Waals surface area contributed by atoms with Gasteiger partial charge in [0, 0.05) is 29.6 Å². The first-order valence-electron chi connectivity index (χ1n) is 7.63. The van der Waals surface area contributed by atoms with Gasteiger partial charge in [0.1, 0.15) is 5.82 Å². The summed E-state index contributed by atoms with van der Waals surface area (Å²) in [7, 11) is 0. The molecule has 2 aromatic carbocycles. The zero-order valence-corrected chi connectivity index (χ0v) is 14.2. The van der Waals surface area contributed by atoms with Gasteiger partial charge >= 0.3 is 0 Å². The van der Waals surface area contributed by atoms with Gasteiger partial charge < -0.3 is 5.32 Å². The van der Waals surface area contributed by atoms with Gasteiger partial charge in [-0.2, -0.15) is 0 Å². The molecular formula is C18H17FN2O3S. The molecule has 0 saturated carbocycles. The molecule has 1 N–H and O–H groups in total. The minimum absolute atomic E-state index is 0.0141. The third kappa shape index (κ3) is 6.76. The van der Waals surface area contributed by atoms with Crippen LogP contribution in [0.1, 0.15) is 12.0 Å². The Morgan fingerprint density at radius 1 is 1.16 bits per heavy atom. The summed E-state index contributed by atoms with van der Waals surface area (Å²) in [5.74, 6) is 0.347. The van der Waals surface area contributed by atoms with E-state index in [9.17, 15) is 19.3 Å². The summed E-state index contributed by atoms with van der Waals surface area (Å²) in [5, 5.41) is 13.3. The predicted octanol–water partition coefficient (Wildman–Crippen LogP) is 4.05. The lowest BCUT2D eigenvalue weighted by atomic mass is 10.2. The van der Waals surface area contributed by atoms with E-state index in [-0.39, 0.29) is 17.4 Å². The number of nitrogens with zero attached hydrogens (tertiary/aromatic N) is 1. The molecule has 0 aromatic heterocycles. The predicted molar refractivity (Wildman–Crippen MR) is 96.9 cm³/mol. The van der Waals surface area contributed by atoms with Crippen LogP contribution in [0.3, 0.4) is 0 Å². The zero-order valence-electron chi connectivity index (χ0n) is 13.4. The number of carbonyl (C=O) groups is 1. The second kappa shape index (κ2) is 9.58. The molecule has 0 radical (unpaired) electrons. The quantitative estimate of drug-likeness (QED) is 0.253. The number of nitro groups is 1. The number of rotatable bonds is 8. The molecule has 130 valence electrons. The summed E-state index contributed by atoms with van der Waals surface area (Å²) in [4.78, 5) is 22.8. The average molecular weight is 360 g/mol. The molecule has 0 atom stereocenters. The molecule has 0 aliphatic heterocycles. The van der Waals surface area contributed by atoms with Crippen LogP contribution in [-0.4, -0.2) is 23.1 Å². The Morgan fingerprint density at radius 3 is 2.48 bits per heavy atom. The molecule has 0 unspecified atom stereocenters. The van der Waals surface area contributed by atoms with E-state index in [0.29, 0.717) is 12.1 Å². The van der Waals surface area contributed by atoms with Crippen LogP contribution in [0, 0.1) is 15.9 Å². The average Bonchev–Trinajstić information content (AvgIpc) is 2.61. The normalized spacial score (nSPS) is 10.8. The third-order valence-corrected chi connectivity index (χ3v) is 4.33. The number of nitrogens with one attached hydrogen (secondary N) is 1. The number of carbonyl (C=O) groups excluding carboxylic acids is 1. The van der Waals surface area contributed by atoms with E-state index in [0.717, 1.165) is 17.1 Å². The molecule has 0 aliphatic carbocycles. The second-order valence-electron chi connectivity index (χ2n) is 5.13. The van der Waals surface area contributed by atoms with Crippen molar-refractivity contribution in [2.75, 3.05) is 12.3 Å². The highest BCUT2D eigenvalue weighted by Crippen LogP contribution is 2.18. The molecule has 0 heterocycles. The number of amides is 1. The van der Waals surface area contributed by atoms with Crippen LogP contribution in [-0.2, 0) is 4.79 Å². The van der Waals surface area contributed by atoms with Crippen LogP contribution < -0.4 is 5.32 Å². The van der Waals surface area contributed by atoms with Crippen molar-refractivity contribution in [2.24, 2.45) is 0 Å². The highest BCUT2D eigenvalue weighted by molar-refractivity contribution is 7.99. The Balaban J connectivity index is 1.66. The molecule has 2 rings (SSSR count). The van der Waals surface area contributed by atoms with Gasteiger partial charge in [0.15, 0.2) is 0 Å². The minimum Gasteiger partial charge on any atom is -0.353 e. The highest BCUT2D eigenvalue weighted by atomic mass is 32.2. The van der Waals surface area contributed by atoms with Gasteiger partial charge in [-0.15, -0.1) is 11.8 Å². The summed E-state index contributed by atoms with van der Waals surface area (Å²) in [6.07, 6.45) is 3.79. The van der Waals surface area contributed by atoms with Crippen LogP contribution in [0.25, 0.3) is 6.08 Å². The lowest BCUT2D eigenvalue weighted by molar-refractivity contribution is -0.384. The Hall–Kier alpha value is -2.67. The fourth-order valence-corrected chi connectivity index (χ4v) is 2.80. The van der Waals surface area contributed by atoms with E-state index in [1.54, 1.807) is 42.1 Å². The number of hydrogen-bond donors (Lipinski definition) is 1. The van der Waals surface area contributed by atoms with E-state index in [1.165, 1.54) is 30.3 Å². The first-order valence-corrected chi connectivity index (χ1v) is 8.62. The van der Waals surface area contributed by atoms with Crippen molar-refractivity contribution >= 4 is 29.4 Å².